The summed E-state index contributed by atoms with van der Waals surface area (Å²) in [5, 5.41) is 0. The summed E-state index contributed by atoms with van der Waals surface area (Å²) in [6, 6.07) is 0. The Bertz CT molecular complexity index is 510. The summed E-state index contributed by atoms with van der Waals surface area (Å²) in [7, 11) is -0.776. The maximum Gasteiger partial charge on any atom is 0.410 e. The van der Waals surface area contributed by atoms with Crippen molar-refractivity contribution in [1.29, 1.82) is 0 Å². The zero-order valence-corrected chi connectivity index (χ0v) is 17.4. The molecule has 0 saturated carbocycles. The van der Waals surface area contributed by atoms with Crippen LogP contribution in [0.4, 0.5) is 4.79 Å². The van der Waals surface area contributed by atoms with Crippen LogP contribution in [-0.4, -0.2) is 69.1 Å². The van der Waals surface area contributed by atoms with E-state index < -0.39 is 13.2 Å². The van der Waals surface area contributed by atoms with Crippen molar-refractivity contribution in [1.82, 2.24) is 4.90 Å². The molecule has 152 valence electrons. The Kier molecular flexibility index (Phi) is 9.24. The molecule has 1 aliphatic heterocycles. The molecule has 9 heteroatoms. The third kappa shape index (κ3) is 8.62. The van der Waals surface area contributed by atoms with Crippen LogP contribution in [0.3, 0.4) is 0 Å². The maximum absolute atomic E-state index is 12.0. The van der Waals surface area contributed by atoms with Crippen LogP contribution < -0.4 is 0 Å². The van der Waals surface area contributed by atoms with E-state index in [0.717, 1.165) is 12.8 Å². The molecule has 1 fully saturated rings. The second kappa shape index (κ2) is 10.4. The Labute approximate surface area is 156 Å². The largest absolute Gasteiger partial charge is 0.444 e. The molecule has 0 aromatic rings. The molecular formula is C17H32NO7P. The molecule has 1 aliphatic rings. The Hall–Kier alpha value is -0.950. The van der Waals surface area contributed by atoms with E-state index in [1.807, 2.05) is 20.8 Å². The predicted molar refractivity (Wildman–Crippen MR) is 97.5 cm³/mol. The van der Waals surface area contributed by atoms with Crippen molar-refractivity contribution in [2.24, 2.45) is 5.92 Å². The van der Waals surface area contributed by atoms with Gasteiger partial charge in [0.1, 0.15) is 17.5 Å². The van der Waals surface area contributed by atoms with E-state index in [4.69, 9.17) is 18.5 Å². The number of likely N-dealkylation sites (tertiary alicyclic amines) is 1. The Balaban J connectivity index is 2.17. The highest BCUT2D eigenvalue weighted by Gasteiger charge is 2.29. The third-order valence-electron chi connectivity index (χ3n) is 4.06. The van der Waals surface area contributed by atoms with Gasteiger partial charge in [-0.3, -0.25) is 9.36 Å². The first-order valence-electron chi connectivity index (χ1n) is 8.86. The van der Waals surface area contributed by atoms with Crippen LogP contribution in [0.1, 0.15) is 40.0 Å². The minimum absolute atomic E-state index is 0.172. The van der Waals surface area contributed by atoms with Crippen molar-refractivity contribution in [3.8, 4) is 0 Å². The molecule has 1 heterocycles. The van der Waals surface area contributed by atoms with Crippen LogP contribution in [0.15, 0.2) is 0 Å². The van der Waals surface area contributed by atoms with Gasteiger partial charge in [0.25, 0.3) is 0 Å². The number of rotatable bonds is 10. The Morgan fingerprint density at radius 2 is 1.81 bits per heavy atom. The highest BCUT2D eigenvalue weighted by atomic mass is 31.2. The van der Waals surface area contributed by atoms with E-state index in [-0.39, 0.29) is 31.1 Å². The molecule has 0 radical (unpaired) electrons. The number of ketones is 1. The zero-order valence-electron chi connectivity index (χ0n) is 16.5. The number of ether oxygens (including phenoxy) is 2. The molecule has 0 aliphatic carbocycles. The van der Waals surface area contributed by atoms with Crippen molar-refractivity contribution in [2.75, 3.05) is 46.7 Å². The minimum Gasteiger partial charge on any atom is -0.444 e. The molecule has 0 aromatic carbocycles. The predicted octanol–water partition coefficient (Wildman–Crippen LogP) is 3.10. The number of hydrogen-bond acceptors (Lipinski definition) is 7. The smallest absolute Gasteiger partial charge is 0.410 e. The first-order chi connectivity index (χ1) is 12.1. The summed E-state index contributed by atoms with van der Waals surface area (Å²) >= 11 is 0. The highest BCUT2D eigenvalue weighted by molar-refractivity contribution is 7.54. The van der Waals surface area contributed by atoms with Crippen molar-refractivity contribution < 1.29 is 32.7 Å². The molecule has 8 nitrogen and oxygen atoms in total. The maximum atomic E-state index is 12.0. The van der Waals surface area contributed by atoms with E-state index >= 15 is 0 Å². The van der Waals surface area contributed by atoms with Crippen molar-refractivity contribution in [2.45, 2.75) is 45.6 Å². The highest BCUT2D eigenvalue weighted by Crippen LogP contribution is 2.46. The van der Waals surface area contributed by atoms with Gasteiger partial charge in [0.15, 0.2) is 0 Å². The fraction of sp³-hybridized carbons (Fsp3) is 0.882. The van der Waals surface area contributed by atoms with Crippen molar-refractivity contribution >= 4 is 19.5 Å². The molecular weight excluding hydrogens is 361 g/mol. The molecule has 1 amide bonds. The summed E-state index contributed by atoms with van der Waals surface area (Å²) in [5.74, 6) is 0.162. The standard InChI is InChI=1S/C17H32NO7P/c1-17(2,3)25-16(20)18-9-6-14(12-18)7-10-24-11-8-15(19)13-26(21,22-4)23-5/h14H,6-13H2,1-5H3/t14-/m0/s1. The van der Waals surface area contributed by atoms with Gasteiger partial charge in [-0.05, 0) is 39.5 Å². The number of carbonyl (C=O) groups excluding carboxylic acids is 2. The van der Waals surface area contributed by atoms with Crippen LogP contribution in [0.25, 0.3) is 0 Å². The van der Waals surface area contributed by atoms with Crippen molar-refractivity contribution in [3.05, 3.63) is 0 Å². The van der Waals surface area contributed by atoms with Gasteiger partial charge in [-0.1, -0.05) is 0 Å². The van der Waals surface area contributed by atoms with Gasteiger partial charge in [0.2, 0.25) is 0 Å². The molecule has 0 unspecified atom stereocenters. The van der Waals surface area contributed by atoms with Crippen molar-refractivity contribution in [3.63, 3.8) is 0 Å². The van der Waals surface area contributed by atoms with Crippen LogP contribution in [0, 0.1) is 5.92 Å². The van der Waals surface area contributed by atoms with E-state index in [9.17, 15) is 14.2 Å². The lowest BCUT2D eigenvalue weighted by Gasteiger charge is -2.24. The molecule has 0 N–H and O–H groups in total. The molecule has 26 heavy (non-hydrogen) atoms. The summed E-state index contributed by atoms with van der Waals surface area (Å²) < 4.78 is 32.2. The van der Waals surface area contributed by atoms with Gasteiger partial charge in [0.05, 0.1) is 6.61 Å². The number of nitrogens with zero attached hydrogens (tertiary/aromatic N) is 1. The van der Waals surface area contributed by atoms with Gasteiger partial charge in [0, 0.05) is 40.3 Å². The fourth-order valence-electron chi connectivity index (χ4n) is 2.60. The van der Waals surface area contributed by atoms with Gasteiger partial charge in [-0.2, -0.15) is 0 Å². The molecule has 1 atom stereocenters. The number of carbonyl (C=O) groups is 2. The second-order valence-electron chi connectivity index (χ2n) is 7.40. The summed E-state index contributed by atoms with van der Waals surface area (Å²) in [6.07, 6.45) is 1.41. The molecule has 1 rings (SSSR count). The summed E-state index contributed by atoms with van der Waals surface area (Å²) in [4.78, 5) is 25.5. The summed E-state index contributed by atoms with van der Waals surface area (Å²) in [6.45, 7) is 7.72. The Morgan fingerprint density at radius 3 is 2.38 bits per heavy atom. The summed E-state index contributed by atoms with van der Waals surface area (Å²) in [5.41, 5.74) is -0.486. The average molecular weight is 393 g/mol. The van der Waals surface area contributed by atoms with Gasteiger partial charge in [-0.25, -0.2) is 4.79 Å². The molecule has 0 aromatic heterocycles. The second-order valence-corrected chi connectivity index (χ2v) is 9.67. The quantitative estimate of drug-likeness (QED) is 0.416. The SMILES string of the molecule is COP(=O)(CC(=O)CCOCC[C@@H]1CCN(C(=O)OC(C)(C)C)C1)OC. The fourth-order valence-corrected chi connectivity index (χ4v) is 3.59. The monoisotopic (exact) mass is 393 g/mol. The Morgan fingerprint density at radius 1 is 1.15 bits per heavy atom. The van der Waals surface area contributed by atoms with Crippen LogP contribution >= 0.6 is 7.60 Å². The molecule has 0 bridgehead atoms. The van der Waals surface area contributed by atoms with E-state index in [1.165, 1.54) is 14.2 Å². The first-order valence-corrected chi connectivity index (χ1v) is 10.6. The van der Waals surface area contributed by atoms with Crippen LogP contribution in [0.5, 0.6) is 0 Å². The number of amides is 1. The lowest BCUT2D eigenvalue weighted by Crippen LogP contribution is -2.35. The molecule has 0 spiro atoms. The van der Waals surface area contributed by atoms with Crippen LogP contribution in [-0.2, 0) is 27.9 Å². The number of Topliss-reactive ketones (excluding diaryl/α,β-unsaturated/α-hetero) is 1. The van der Waals surface area contributed by atoms with Gasteiger partial charge < -0.3 is 23.4 Å². The third-order valence-corrected chi connectivity index (χ3v) is 5.91. The minimum atomic E-state index is -3.30. The lowest BCUT2D eigenvalue weighted by atomic mass is 10.1. The first kappa shape index (κ1) is 23.1. The lowest BCUT2D eigenvalue weighted by molar-refractivity contribution is -0.118. The number of hydrogen-bond donors (Lipinski definition) is 0. The van der Waals surface area contributed by atoms with E-state index in [2.05, 4.69) is 0 Å². The topological polar surface area (TPSA) is 91.4 Å². The normalized spacial score (nSPS) is 18.2. The average Bonchev–Trinajstić information content (AvgIpc) is 3.02. The zero-order chi connectivity index (χ0) is 19.8. The van der Waals surface area contributed by atoms with Gasteiger partial charge >= 0.3 is 13.7 Å². The van der Waals surface area contributed by atoms with Crippen LogP contribution in [0.2, 0.25) is 0 Å². The molecule has 1 saturated heterocycles. The van der Waals surface area contributed by atoms with Gasteiger partial charge in [-0.15, -0.1) is 0 Å². The van der Waals surface area contributed by atoms with E-state index in [1.54, 1.807) is 4.90 Å². The van der Waals surface area contributed by atoms with E-state index in [0.29, 0.717) is 25.6 Å².